The van der Waals surface area contributed by atoms with Crippen molar-refractivity contribution in [1.82, 2.24) is 5.32 Å². The van der Waals surface area contributed by atoms with Crippen LogP contribution in [0.2, 0.25) is 0 Å². The zero-order chi connectivity index (χ0) is 14.7. The third-order valence-corrected chi connectivity index (χ3v) is 4.30. The molecule has 1 amide bonds. The molecule has 20 heavy (non-hydrogen) atoms. The first kappa shape index (κ1) is 15.3. The summed E-state index contributed by atoms with van der Waals surface area (Å²) >= 11 is 6.83. The third-order valence-electron chi connectivity index (χ3n) is 3.08. The van der Waals surface area contributed by atoms with Gasteiger partial charge in [-0.15, -0.1) is 0 Å². The van der Waals surface area contributed by atoms with Crippen LogP contribution in [-0.2, 0) is 0 Å². The van der Waals surface area contributed by atoms with Crippen LogP contribution in [0, 0.1) is 6.92 Å². The molecule has 1 N–H and O–H groups in total. The Morgan fingerprint density at radius 1 is 1.10 bits per heavy atom. The Kier molecular flexibility index (Phi) is 5.00. The largest absolute Gasteiger partial charge is 0.345 e. The van der Waals surface area contributed by atoms with Gasteiger partial charge in [0.15, 0.2) is 0 Å². The quantitative estimate of drug-likeness (QED) is 0.775. The van der Waals surface area contributed by atoms with Gasteiger partial charge in [0.25, 0.3) is 5.91 Å². The van der Waals surface area contributed by atoms with Crippen molar-refractivity contribution in [2.75, 3.05) is 0 Å². The van der Waals surface area contributed by atoms with Crippen molar-refractivity contribution < 1.29 is 4.79 Å². The molecule has 0 aromatic heterocycles. The van der Waals surface area contributed by atoms with Crippen molar-refractivity contribution in [3.63, 3.8) is 0 Å². The lowest BCUT2D eigenvalue weighted by molar-refractivity contribution is 0.0939. The minimum absolute atomic E-state index is 0.0389. The second-order valence-corrected chi connectivity index (χ2v) is 6.50. The molecule has 2 aromatic carbocycles. The molecule has 4 heteroatoms. The molecule has 0 aliphatic heterocycles. The molecule has 0 aliphatic carbocycles. The van der Waals surface area contributed by atoms with Crippen molar-refractivity contribution >= 4 is 37.8 Å². The number of hydrogen-bond acceptors (Lipinski definition) is 1. The summed E-state index contributed by atoms with van der Waals surface area (Å²) in [6.45, 7) is 3.95. The number of carbonyl (C=O) groups is 1. The van der Waals surface area contributed by atoms with Crippen molar-refractivity contribution in [2.24, 2.45) is 0 Å². The zero-order valence-corrected chi connectivity index (χ0v) is 14.5. The summed E-state index contributed by atoms with van der Waals surface area (Å²) in [6, 6.07) is 13.7. The second kappa shape index (κ2) is 6.55. The predicted octanol–water partition coefficient (Wildman–Crippen LogP) is 5.01. The number of rotatable bonds is 3. The SMILES string of the molecule is Cc1ccc(Br)c(C(=O)NC(C)c2ccc(Br)cc2)c1. The maximum Gasteiger partial charge on any atom is 0.252 e. The van der Waals surface area contributed by atoms with E-state index in [0.29, 0.717) is 5.56 Å². The number of halogens is 2. The molecule has 1 atom stereocenters. The Bertz CT molecular complexity index is 623. The second-order valence-electron chi connectivity index (χ2n) is 4.73. The van der Waals surface area contributed by atoms with Gasteiger partial charge in [-0.1, -0.05) is 39.7 Å². The highest BCUT2D eigenvalue weighted by molar-refractivity contribution is 9.10. The van der Waals surface area contributed by atoms with Gasteiger partial charge in [0.05, 0.1) is 11.6 Å². The van der Waals surface area contributed by atoms with Crippen LogP contribution >= 0.6 is 31.9 Å². The first-order valence-corrected chi connectivity index (χ1v) is 7.88. The van der Waals surface area contributed by atoms with Gasteiger partial charge in [0.2, 0.25) is 0 Å². The molecule has 2 rings (SSSR count). The van der Waals surface area contributed by atoms with Gasteiger partial charge in [-0.25, -0.2) is 0 Å². The number of carbonyl (C=O) groups excluding carboxylic acids is 1. The molecule has 2 aromatic rings. The van der Waals surface area contributed by atoms with Crippen LogP contribution in [-0.4, -0.2) is 5.91 Å². The molecule has 2 nitrogen and oxygen atoms in total. The molecule has 0 saturated heterocycles. The van der Waals surface area contributed by atoms with Crippen LogP contribution < -0.4 is 5.32 Å². The Morgan fingerprint density at radius 3 is 2.40 bits per heavy atom. The molecule has 0 radical (unpaired) electrons. The number of benzene rings is 2. The smallest absolute Gasteiger partial charge is 0.252 e. The molecule has 0 spiro atoms. The van der Waals surface area contributed by atoms with E-state index in [1.54, 1.807) is 0 Å². The minimum atomic E-state index is -0.0732. The van der Waals surface area contributed by atoms with Crippen LogP contribution in [0.4, 0.5) is 0 Å². The highest BCUT2D eigenvalue weighted by Crippen LogP contribution is 2.20. The predicted molar refractivity (Wildman–Crippen MR) is 88.9 cm³/mol. The maximum atomic E-state index is 12.3. The molecular formula is C16H15Br2NO. The summed E-state index contributed by atoms with van der Waals surface area (Å²) in [5, 5.41) is 3.02. The molecular weight excluding hydrogens is 382 g/mol. The maximum absolute atomic E-state index is 12.3. The van der Waals surface area contributed by atoms with E-state index >= 15 is 0 Å². The fourth-order valence-electron chi connectivity index (χ4n) is 1.92. The number of amides is 1. The highest BCUT2D eigenvalue weighted by Gasteiger charge is 2.14. The zero-order valence-electron chi connectivity index (χ0n) is 11.3. The third kappa shape index (κ3) is 3.70. The van der Waals surface area contributed by atoms with E-state index in [1.807, 2.05) is 56.3 Å². The summed E-state index contributed by atoms with van der Waals surface area (Å²) in [6.07, 6.45) is 0. The Balaban J connectivity index is 2.15. The number of nitrogens with one attached hydrogen (secondary N) is 1. The van der Waals surface area contributed by atoms with E-state index in [0.717, 1.165) is 20.1 Å². The van der Waals surface area contributed by atoms with Gasteiger partial charge in [0, 0.05) is 8.95 Å². The number of hydrogen-bond donors (Lipinski definition) is 1. The fraction of sp³-hybridized carbons (Fsp3) is 0.188. The molecule has 1 unspecified atom stereocenters. The Morgan fingerprint density at radius 2 is 1.75 bits per heavy atom. The van der Waals surface area contributed by atoms with Gasteiger partial charge >= 0.3 is 0 Å². The summed E-state index contributed by atoms with van der Waals surface area (Å²) in [4.78, 5) is 12.3. The Labute approximate surface area is 135 Å². The Hall–Kier alpha value is -1.13. The van der Waals surface area contributed by atoms with Crippen molar-refractivity contribution in [3.05, 3.63) is 68.1 Å². The van der Waals surface area contributed by atoms with Gasteiger partial charge in [0.1, 0.15) is 0 Å². The van der Waals surface area contributed by atoms with Gasteiger partial charge in [-0.2, -0.15) is 0 Å². The summed E-state index contributed by atoms with van der Waals surface area (Å²) in [7, 11) is 0. The van der Waals surface area contributed by atoms with E-state index in [2.05, 4.69) is 37.2 Å². The van der Waals surface area contributed by atoms with Crippen molar-refractivity contribution in [1.29, 1.82) is 0 Å². The average molecular weight is 397 g/mol. The van der Waals surface area contributed by atoms with E-state index in [9.17, 15) is 4.79 Å². The molecule has 0 saturated carbocycles. The lowest BCUT2D eigenvalue weighted by atomic mass is 10.1. The van der Waals surface area contributed by atoms with Gasteiger partial charge in [-0.05, 0) is 59.6 Å². The van der Waals surface area contributed by atoms with Gasteiger partial charge in [-0.3, -0.25) is 4.79 Å². The van der Waals surface area contributed by atoms with Crippen molar-refractivity contribution in [3.8, 4) is 0 Å². The van der Waals surface area contributed by atoms with Crippen LogP contribution in [0.1, 0.15) is 34.5 Å². The molecule has 0 aliphatic rings. The van der Waals surface area contributed by atoms with Crippen LogP contribution in [0.15, 0.2) is 51.4 Å². The summed E-state index contributed by atoms with van der Waals surface area (Å²) < 4.78 is 1.84. The summed E-state index contributed by atoms with van der Waals surface area (Å²) in [5.41, 5.74) is 2.80. The standard InChI is InChI=1S/C16H15Br2NO/c1-10-3-8-15(18)14(9-10)16(20)19-11(2)12-4-6-13(17)7-5-12/h3-9,11H,1-2H3,(H,19,20). The molecule has 0 bridgehead atoms. The normalized spacial score (nSPS) is 12.0. The highest BCUT2D eigenvalue weighted by atomic mass is 79.9. The van der Waals surface area contributed by atoms with E-state index < -0.39 is 0 Å². The van der Waals surface area contributed by atoms with E-state index in [1.165, 1.54) is 0 Å². The van der Waals surface area contributed by atoms with Crippen molar-refractivity contribution in [2.45, 2.75) is 19.9 Å². The average Bonchev–Trinajstić information content (AvgIpc) is 2.42. The molecule has 0 heterocycles. The fourth-order valence-corrected chi connectivity index (χ4v) is 2.61. The molecule has 104 valence electrons. The lowest BCUT2D eigenvalue weighted by Crippen LogP contribution is -2.27. The summed E-state index contributed by atoms with van der Waals surface area (Å²) in [5.74, 6) is -0.0732. The van der Waals surface area contributed by atoms with E-state index in [-0.39, 0.29) is 11.9 Å². The molecule has 0 fully saturated rings. The first-order chi connectivity index (χ1) is 9.47. The number of aryl methyl sites for hydroxylation is 1. The van der Waals surface area contributed by atoms with Crippen LogP contribution in [0.5, 0.6) is 0 Å². The topological polar surface area (TPSA) is 29.1 Å². The lowest BCUT2D eigenvalue weighted by Gasteiger charge is -2.15. The monoisotopic (exact) mass is 395 g/mol. The van der Waals surface area contributed by atoms with E-state index in [4.69, 9.17) is 0 Å². The van der Waals surface area contributed by atoms with Crippen LogP contribution in [0.25, 0.3) is 0 Å². The van der Waals surface area contributed by atoms with Gasteiger partial charge < -0.3 is 5.32 Å². The first-order valence-electron chi connectivity index (χ1n) is 6.30. The van der Waals surface area contributed by atoms with Crippen LogP contribution in [0.3, 0.4) is 0 Å². The minimum Gasteiger partial charge on any atom is -0.345 e.